The zero-order valence-corrected chi connectivity index (χ0v) is 8.79. The molecule has 0 atom stereocenters. The molecule has 1 aromatic heterocycles. The predicted octanol–water partition coefficient (Wildman–Crippen LogP) is 3.86. The molecular weight excluding hydrogens is 190 g/mol. The normalized spacial score (nSPS) is 11.2. The van der Waals surface area contributed by atoms with Crippen LogP contribution in [0.25, 0.3) is 10.9 Å². The molecule has 0 saturated heterocycles. The monoisotopic (exact) mass is 201 g/mol. The third kappa shape index (κ3) is 1.96. The van der Waals surface area contributed by atoms with Crippen LogP contribution in [0.15, 0.2) is 52.9 Å². The number of benzene rings is 1. The van der Waals surface area contributed by atoms with Gasteiger partial charge in [-0.1, -0.05) is 42.1 Å². The molecule has 0 unspecified atom stereocenters. The van der Waals surface area contributed by atoms with Crippen LogP contribution in [-0.4, -0.2) is 4.98 Å². The van der Waals surface area contributed by atoms with Gasteiger partial charge in [-0.3, -0.25) is 0 Å². The van der Waals surface area contributed by atoms with Crippen molar-refractivity contribution < 1.29 is 0 Å². The Balaban J connectivity index is 2.41. The highest BCUT2D eigenvalue weighted by Crippen LogP contribution is 2.20. The highest BCUT2D eigenvalue weighted by molar-refractivity contribution is 8.02. The van der Waals surface area contributed by atoms with Gasteiger partial charge in [0, 0.05) is 5.39 Å². The summed E-state index contributed by atoms with van der Waals surface area (Å²) < 4.78 is 0. The number of thioether (sulfide) groups is 1. The maximum atomic E-state index is 4.52. The molecule has 0 saturated carbocycles. The van der Waals surface area contributed by atoms with Crippen molar-refractivity contribution in [1.82, 2.24) is 4.98 Å². The number of nitrogens with zero attached hydrogens (tertiary/aromatic N) is 1. The molecule has 1 nitrogen and oxygen atoms in total. The van der Waals surface area contributed by atoms with Gasteiger partial charge in [0.2, 0.25) is 0 Å². The molecule has 0 fully saturated rings. The van der Waals surface area contributed by atoms with Crippen LogP contribution in [0.2, 0.25) is 0 Å². The molecule has 0 aliphatic carbocycles. The summed E-state index contributed by atoms with van der Waals surface area (Å²) in [6.45, 7) is 2.01. The second-order valence-corrected chi connectivity index (χ2v) is 3.86. The summed E-state index contributed by atoms with van der Waals surface area (Å²) >= 11 is 1.64. The van der Waals surface area contributed by atoms with Gasteiger partial charge in [0.25, 0.3) is 0 Å². The van der Waals surface area contributed by atoms with Crippen LogP contribution >= 0.6 is 11.8 Å². The van der Waals surface area contributed by atoms with Gasteiger partial charge in [-0.05, 0) is 24.5 Å². The van der Waals surface area contributed by atoms with Crippen molar-refractivity contribution in [3.63, 3.8) is 0 Å². The maximum absolute atomic E-state index is 4.52. The molecule has 0 aliphatic rings. The van der Waals surface area contributed by atoms with Crippen LogP contribution in [0.3, 0.4) is 0 Å². The quantitative estimate of drug-likeness (QED) is 0.684. The number of pyridine rings is 1. The van der Waals surface area contributed by atoms with Crippen molar-refractivity contribution in [2.45, 2.75) is 11.9 Å². The SMILES string of the molecule is CC=CSc1ccc2ccccc2n1. The summed E-state index contributed by atoms with van der Waals surface area (Å²) in [6, 6.07) is 12.3. The molecule has 70 valence electrons. The largest absolute Gasteiger partial charge is 0.241 e. The van der Waals surface area contributed by atoms with Crippen LogP contribution in [0.4, 0.5) is 0 Å². The zero-order valence-electron chi connectivity index (χ0n) is 7.97. The third-order valence-electron chi connectivity index (χ3n) is 1.90. The number of para-hydroxylation sites is 1. The van der Waals surface area contributed by atoms with Crippen molar-refractivity contribution in [2.24, 2.45) is 0 Å². The van der Waals surface area contributed by atoms with Crippen molar-refractivity contribution >= 4 is 22.7 Å². The van der Waals surface area contributed by atoms with Gasteiger partial charge in [-0.2, -0.15) is 0 Å². The number of rotatable bonds is 2. The lowest BCUT2D eigenvalue weighted by Gasteiger charge is -1.98. The first-order chi connectivity index (χ1) is 6.90. The van der Waals surface area contributed by atoms with E-state index in [9.17, 15) is 0 Å². The van der Waals surface area contributed by atoms with E-state index in [0.717, 1.165) is 10.5 Å². The summed E-state index contributed by atoms with van der Waals surface area (Å²) in [5.41, 5.74) is 1.06. The number of allylic oxidation sites excluding steroid dienone is 1. The molecule has 1 aromatic carbocycles. The van der Waals surface area contributed by atoms with Crippen LogP contribution in [-0.2, 0) is 0 Å². The van der Waals surface area contributed by atoms with Gasteiger partial charge in [-0.25, -0.2) is 4.98 Å². The molecule has 0 spiro atoms. The van der Waals surface area contributed by atoms with Crippen molar-refractivity contribution in [3.05, 3.63) is 47.9 Å². The molecule has 2 aromatic rings. The Bertz CT molecular complexity index is 463. The first kappa shape index (κ1) is 9.28. The predicted molar refractivity (Wildman–Crippen MR) is 62.4 cm³/mol. The van der Waals surface area contributed by atoms with Crippen LogP contribution < -0.4 is 0 Å². The molecule has 1 heterocycles. The van der Waals surface area contributed by atoms with Crippen LogP contribution in [0, 0.1) is 0 Å². The Morgan fingerprint density at radius 3 is 2.86 bits per heavy atom. The molecule has 2 rings (SSSR count). The Hall–Kier alpha value is -1.28. The maximum Gasteiger partial charge on any atom is 0.101 e. The average molecular weight is 201 g/mol. The molecule has 0 bridgehead atoms. The first-order valence-electron chi connectivity index (χ1n) is 4.54. The highest BCUT2D eigenvalue weighted by Gasteiger charge is 1.95. The lowest BCUT2D eigenvalue weighted by Crippen LogP contribution is -1.80. The van der Waals surface area contributed by atoms with Gasteiger partial charge >= 0.3 is 0 Å². The van der Waals surface area contributed by atoms with Crippen LogP contribution in [0.5, 0.6) is 0 Å². The fourth-order valence-corrected chi connectivity index (χ4v) is 1.82. The molecule has 2 heteroatoms. The Labute approximate surface area is 87.9 Å². The minimum absolute atomic E-state index is 1.04. The van der Waals surface area contributed by atoms with E-state index < -0.39 is 0 Å². The van der Waals surface area contributed by atoms with Gasteiger partial charge < -0.3 is 0 Å². The van der Waals surface area contributed by atoms with E-state index in [1.54, 1.807) is 11.8 Å². The third-order valence-corrected chi connectivity index (χ3v) is 2.77. The van der Waals surface area contributed by atoms with Crippen molar-refractivity contribution in [2.75, 3.05) is 0 Å². The van der Waals surface area contributed by atoms with Gasteiger partial charge in [0.15, 0.2) is 0 Å². The zero-order chi connectivity index (χ0) is 9.80. The average Bonchev–Trinajstić information content (AvgIpc) is 2.26. The number of fused-ring (bicyclic) bond motifs is 1. The lowest BCUT2D eigenvalue weighted by atomic mass is 10.2. The summed E-state index contributed by atoms with van der Waals surface area (Å²) in [4.78, 5) is 4.52. The number of hydrogen-bond donors (Lipinski definition) is 0. The topological polar surface area (TPSA) is 12.9 Å². The number of hydrogen-bond acceptors (Lipinski definition) is 2. The summed E-state index contributed by atoms with van der Waals surface area (Å²) in [6.07, 6.45) is 2.02. The standard InChI is InChI=1S/C12H11NS/c1-2-9-14-12-8-7-10-5-3-4-6-11(10)13-12/h2-9H,1H3. The van der Waals surface area contributed by atoms with Crippen molar-refractivity contribution in [1.29, 1.82) is 0 Å². The summed E-state index contributed by atoms with van der Waals surface area (Å²) in [7, 11) is 0. The van der Waals surface area contributed by atoms with Gasteiger partial charge in [0.05, 0.1) is 5.52 Å². The minimum Gasteiger partial charge on any atom is -0.241 e. The number of aromatic nitrogens is 1. The van der Waals surface area contributed by atoms with Crippen molar-refractivity contribution in [3.8, 4) is 0 Å². The molecular formula is C12H11NS. The first-order valence-corrected chi connectivity index (χ1v) is 5.42. The van der Waals surface area contributed by atoms with E-state index in [-0.39, 0.29) is 0 Å². The molecule has 0 aliphatic heterocycles. The van der Waals surface area contributed by atoms with Crippen LogP contribution in [0.1, 0.15) is 6.92 Å². The smallest absolute Gasteiger partial charge is 0.101 e. The Morgan fingerprint density at radius 1 is 1.14 bits per heavy atom. The lowest BCUT2D eigenvalue weighted by molar-refractivity contribution is 1.20. The fraction of sp³-hybridized carbons (Fsp3) is 0.0833. The second kappa shape index (κ2) is 4.29. The molecule has 0 amide bonds. The van der Waals surface area contributed by atoms with E-state index in [1.165, 1.54) is 5.39 Å². The van der Waals surface area contributed by atoms with E-state index in [4.69, 9.17) is 0 Å². The molecule has 14 heavy (non-hydrogen) atoms. The summed E-state index contributed by atoms with van der Waals surface area (Å²) in [5, 5.41) is 4.27. The summed E-state index contributed by atoms with van der Waals surface area (Å²) in [5.74, 6) is 0. The minimum atomic E-state index is 1.04. The van der Waals surface area contributed by atoms with Gasteiger partial charge in [0.1, 0.15) is 5.03 Å². The van der Waals surface area contributed by atoms with Gasteiger partial charge in [-0.15, -0.1) is 0 Å². The van der Waals surface area contributed by atoms with E-state index >= 15 is 0 Å². The van der Waals surface area contributed by atoms with E-state index in [2.05, 4.69) is 17.1 Å². The second-order valence-electron chi connectivity index (χ2n) is 2.93. The highest BCUT2D eigenvalue weighted by atomic mass is 32.2. The van der Waals surface area contributed by atoms with E-state index in [0.29, 0.717) is 0 Å². The molecule has 0 radical (unpaired) electrons. The Morgan fingerprint density at radius 2 is 2.00 bits per heavy atom. The molecule has 0 N–H and O–H groups in total. The van der Waals surface area contributed by atoms with E-state index in [1.807, 2.05) is 42.7 Å². The fourth-order valence-electron chi connectivity index (χ4n) is 1.25. The Kier molecular flexibility index (Phi) is 2.84.